The molecule has 0 fully saturated rings. The lowest BCUT2D eigenvalue weighted by Crippen LogP contribution is -1.88. The van der Waals surface area contributed by atoms with Gasteiger partial charge in [0.1, 0.15) is 0 Å². The van der Waals surface area contributed by atoms with Crippen LogP contribution in [-0.4, -0.2) is 15.1 Å². The van der Waals surface area contributed by atoms with Gasteiger partial charge in [-0.1, -0.05) is 17.7 Å². The zero-order valence-electron chi connectivity index (χ0n) is 9.27. The van der Waals surface area contributed by atoms with Crippen LogP contribution >= 0.6 is 22.9 Å². The van der Waals surface area contributed by atoms with Crippen LogP contribution in [0.3, 0.4) is 0 Å². The minimum Gasteiger partial charge on any atom is -0.390 e. The summed E-state index contributed by atoms with van der Waals surface area (Å²) in [6, 6.07) is 5.56. The van der Waals surface area contributed by atoms with Crippen LogP contribution in [0, 0.1) is 0 Å². The van der Waals surface area contributed by atoms with Gasteiger partial charge in [-0.05, 0) is 12.1 Å². The normalized spacial score (nSPS) is 11.2. The highest BCUT2D eigenvalue weighted by Gasteiger charge is 2.15. The van der Waals surface area contributed by atoms with E-state index in [1.807, 2.05) is 23.6 Å². The summed E-state index contributed by atoms with van der Waals surface area (Å²) in [6.07, 6.45) is 0. The molecular formula is C12H10ClN3OS. The van der Waals surface area contributed by atoms with Gasteiger partial charge in [-0.3, -0.25) is 0 Å². The molecule has 6 heteroatoms. The second-order valence-electron chi connectivity index (χ2n) is 3.90. The molecule has 0 saturated carbocycles. The van der Waals surface area contributed by atoms with Crippen LogP contribution in [0.15, 0.2) is 23.6 Å². The standard InChI is InChI=1S/C12H10ClN3OS/c13-6-1-2-7-8(3-6)15-9(4-17)11(7)10-5-18-12(14)16-10/h1-3,5,15,17H,4H2,(H2,14,16). The van der Waals surface area contributed by atoms with Crippen molar-refractivity contribution in [1.82, 2.24) is 9.97 Å². The van der Waals surface area contributed by atoms with E-state index in [0.717, 1.165) is 27.9 Å². The zero-order chi connectivity index (χ0) is 12.7. The monoisotopic (exact) mass is 279 g/mol. The number of nitrogens with one attached hydrogen (secondary N) is 1. The Morgan fingerprint density at radius 1 is 1.44 bits per heavy atom. The number of thiazole rings is 1. The van der Waals surface area contributed by atoms with E-state index >= 15 is 0 Å². The molecule has 0 aliphatic carbocycles. The van der Waals surface area contributed by atoms with Crippen molar-refractivity contribution in [3.05, 3.63) is 34.3 Å². The number of nitrogen functional groups attached to an aromatic ring is 1. The Morgan fingerprint density at radius 2 is 2.28 bits per heavy atom. The van der Waals surface area contributed by atoms with Crippen LogP contribution in [0.2, 0.25) is 5.02 Å². The van der Waals surface area contributed by atoms with E-state index in [0.29, 0.717) is 10.2 Å². The van der Waals surface area contributed by atoms with E-state index in [-0.39, 0.29) is 6.61 Å². The topological polar surface area (TPSA) is 74.9 Å². The van der Waals surface area contributed by atoms with E-state index in [4.69, 9.17) is 17.3 Å². The maximum atomic E-state index is 9.44. The SMILES string of the molecule is Nc1nc(-c2c(CO)[nH]c3cc(Cl)ccc23)cs1. The summed E-state index contributed by atoms with van der Waals surface area (Å²) in [5, 5.41) is 13.5. The fourth-order valence-electron chi connectivity index (χ4n) is 2.04. The van der Waals surface area contributed by atoms with Gasteiger partial charge in [0, 0.05) is 26.9 Å². The summed E-state index contributed by atoms with van der Waals surface area (Å²) >= 11 is 7.34. The predicted molar refractivity (Wildman–Crippen MR) is 74.8 cm³/mol. The van der Waals surface area contributed by atoms with Crippen LogP contribution in [0.5, 0.6) is 0 Å². The molecule has 0 aliphatic heterocycles. The molecule has 92 valence electrons. The van der Waals surface area contributed by atoms with Gasteiger partial charge in [-0.25, -0.2) is 4.98 Å². The van der Waals surface area contributed by atoms with E-state index in [2.05, 4.69) is 9.97 Å². The number of aliphatic hydroxyl groups is 1. The molecule has 0 bridgehead atoms. The van der Waals surface area contributed by atoms with Gasteiger partial charge >= 0.3 is 0 Å². The fraction of sp³-hybridized carbons (Fsp3) is 0.0833. The summed E-state index contributed by atoms with van der Waals surface area (Å²) in [5.41, 5.74) is 8.92. The molecule has 0 amide bonds. The van der Waals surface area contributed by atoms with E-state index < -0.39 is 0 Å². The number of benzene rings is 1. The van der Waals surface area contributed by atoms with Gasteiger partial charge in [0.2, 0.25) is 0 Å². The molecule has 1 aromatic carbocycles. The zero-order valence-corrected chi connectivity index (χ0v) is 10.8. The van der Waals surface area contributed by atoms with Crippen molar-refractivity contribution in [3.63, 3.8) is 0 Å². The van der Waals surface area contributed by atoms with Crippen molar-refractivity contribution in [2.45, 2.75) is 6.61 Å². The molecule has 0 radical (unpaired) electrons. The predicted octanol–water partition coefficient (Wildman–Crippen LogP) is 3.02. The molecule has 2 heterocycles. The third-order valence-electron chi connectivity index (χ3n) is 2.77. The summed E-state index contributed by atoms with van der Waals surface area (Å²) in [4.78, 5) is 7.42. The lowest BCUT2D eigenvalue weighted by molar-refractivity contribution is 0.278. The molecule has 0 atom stereocenters. The quantitative estimate of drug-likeness (QED) is 0.675. The summed E-state index contributed by atoms with van der Waals surface area (Å²) in [6.45, 7) is -0.0843. The average Bonchev–Trinajstić information content (AvgIpc) is 2.91. The second kappa shape index (κ2) is 4.28. The maximum absolute atomic E-state index is 9.44. The first-order valence-electron chi connectivity index (χ1n) is 5.31. The molecule has 3 aromatic rings. The first-order valence-corrected chi connectivity index (χ1v) is 6.57. The van der Waals surface area contributed by atoms with Gasteiger partial charge in [0.25, 0.3) is 0 Å². The summed E-state index contributed by atoms with van der Waals surface area (Å²) in [7, 11) is 0. The first-order chi connectivity index (χ1) is 8.69. The van der Waals surface area contributed by atoms with Crippen molar-refractivity contribution in [2.75, 3.05) is 5.73 Å². The van der Waals surface area contributed by atoms with Gasteiger partial charge in [-0.2, -0.15) is 0 Å². The third-order valence-corrected chi connectivity index (χ3v) is 3.68. The Hall–Kier alpha value is -1.56. The number of aliphatic hydroxyl groups excluding tert-OH is 1. The van der Waals surface area contributed by atoms with Crippen LogP contribution in [-0.2, 0) is 6.61 Å². The molecule has 2 aromatic heterocycles. The van der Waals surface area contributed by atoms with Gasteiger partial charge in [0.15, 0.2) is 5.13 Å². The fourth-order valence-corrected chi connectivity index (χ4v) is 2.77. The highest BCUT2D eigenvalue weighted by atomic mass is 35.5. The highest BCUT2D eigenvalue weighted by Crippen LogP contribution is 2.34. The number of H-pyrrole nitrogens is 1. The number of rotatable bonds is 2. The van der Waals surface area contributed by atoms with Crippen LogP contribution in [0.4, 0.5) is 5.13 Å². The smallest absolute Gasteiger partial charge is 0.180 e. The summed E-state index contributed by atoms with van der Waals surface area (Å²) in [5.74, 6) is 0. The number of anilines is 1. The van der Waals surface area contributed by atoms with Gasteiger partial charge in [-0.15, -0.1) is 11.3 Å². The molecule has 0 unspecified atom stereocenters. The minimum atomic E-state index is -0.0843. The van der Waals surface area contributed by atoms with E-state index in [9.17, 15) is 5.11 Å². The van der Waals surface area contributed by atoms with E-state index in [1.165, 1.54) is 11.3 Å². The molecule has 4 nitrogen and oxygen atoms in total. The van der Waals surface area contributed by atoms with Crippen LogP contribution in [0.1, 0.15) is 5.69 Å². The first kappa shape index (κ1) is 11.5. The van der Waals surface area contributed by atoms with Crippen molar-refractivity contribution in [2.24, 2.45) is 0 Å². The molecule has 0 saturated heterocycles. The van der Waals surface area contributed by atoms with Gasteiger partial charge in [0.05, 0.1) is 18.0 Å². The number of hydrogen-bond donors (Lipinski definition) is 3. The summed E-state index contributed by atoms with van der Waals surface area (Å²) < 4.78 is 0. The average molecular weight is 280 g/mol. The van der Waals surface area contributed by atoms with Crippen molar-refractivity contribution < 1.29 is 5.11 Å². The Balaban J connectivity index is 2.32. The second-order valence-corrected chi connectivity index (χ2v) is 5.22. The molecule has 18 heavy (non-hydrogen) atoms. The van der Waals surface area contributed by atoms with Gasteiger partial charge < -0.3 is 15.8 Å². The molecule has 3 rings (SSSR count). The Morgan fingerprint density at radius 3 is 2.94 bits per heavy atom. The number of fused-ring (bicyclic) bond motifs is 1. The number of hydrogen-bond acceptors (Lipinski definition) is 4. The number of aromatic amines is 1. The lowest BCUT2D eigenvalue weighted by Gasteiger charge is -1.98. The Kier molecular flexibility index (Phi) is 2.74. The Bertz CT molecular complexity index is 719. The highest BCUT2D eigenvalue weighted by molar-refractivity contribution is 7.13. The van der Waals surface area contributed by atoms with Crippen LogP contribution < -0.4 is 5.73 Å². The minimum absolute atomic E-state index is 0.0843. The van der Waals surface area contributed by atoms with Crippen molar-refractivity contribution >= 4 is 39.0 Å². The Labute approximate surface area is 112 Å². The van der Waals surface area contributed by atoms with Crippen molar-refractivity contribution in [3.8, 4) is 11.3 Å². The number of nitrogens with zero attached hydrogens (tertiary/aromatic N) is 1. The number of aromatic nitrogens is 2. The molecule has 0 spiro atoms. The molecule has 0 aliphatic rings. The van der Waals surface area contributed by atoms with E-state index in [1.54, 1.807) is 0 Å². The van der Waals surface area contributed by atoms with Crippen molar-refractivity contribution in [1.29, 1.82) is 0 Å². The molecule has 4 N–H and O–H groups in total. The number of halogens is 1. The van der Waals surface area contributed by atoms with Crippen LogP contribution in [0.25, 0.3) is 22.2 Å². The number of nitrogens with two attached hydrogens (primary N) is 1. The largest absolute Gasteiger partial charge is 0.390 e. The molecular weight excluding hydrogens is 270 g/mol. The third kappa shape index (κ3) is 1.77. The lowest BCUT2D eigenvalue weighted by atomic mass is 10.1. The maximum Gasteiger partial charge on any atom is 0.180 e.